The molecule has 260 valence electrons. The monoisotopic (exact) mass is 707 g/mol. The fourth-order valence-corrected chi connectivity index (χ4v) is 7.47. The number of para-hydroxylation sites is 2. The molecule has 0 saturated carbocycles. The van der Waals surface area contributed by atoms with E-state index in [1.807, 2.05) is 60.7 Å². The van der Waals surface area contributed by atoms with E-state index in [2.05, 4.69) is 116 Å². The summed E-state index contributed by atoms with van der Waals surface area (Å²) in [6, 6.07) is 50.0. The van der Waals surface area contributed by atoms with Crippen LogP contribution in [0, 0.1) is 0 Å². The molecule has 55 heavy (non-hydrogen) atoms. The molecule has 0 atom stereocenters. The smallest absolute Gasteiger partial charge is 0.165 e. The maximum atomic E-state index is 6.46. The van der Waals surface area contributed by atoms with E-state index in [0.717, 1.165) is 88.9 Å². The van der Waals surface area contributed by atoms with Crippen molar-refractivity contribution in [2.75, 3.05) is 0 Å². The molecule has 10 aromatic rings. The highest BCUT2D eigenvalue weighted by atomic mass is 16.3. The first-order chi connectivity index (χ1) is 27.2. The van der Waals surface area contributed by atoms with Crippen LogP contribution < -0.4 is 0 Å². The summed E-state index contributed by atoms with van der Waals surface area (Å²) >= 11 is 0. The number of rotatable bonds is 8. The summed E-state index contributed by atoms with van der Waals surface area (Å²) in [5.41, 5.74) is 9.08. The molecule has 3 aromatic heterocycles. The second kappa shape index (κ2) is 13.6. The molecule has 0 amide bonds. The Bertz CT molecular complexity index is 3150. The van der Waals surface area contributed by atoms with Gasteiger partial charge in [0.1, 0.15) is 22.3 Å². The molecule has 3 heterocycles. The van der Waals surface area contributed by atoms with E-state index < -0.39 is 0 Å². The van der Waals surface area contributed by atoms with Gasteiger partial charge in [0.15, 0.2) is 17.5 Å². The van der Waals surface area contributed by atoms with Crippen LogP contribution in [0.3, 0.4) is 0 Å². The van der Waals surface area contributed by atoms with Crippen LogP contribution >= 0.6 is 0 Å². The Kier molecular flexibility index (Phi) is 7.96. The van der Waals surface area contributed by atoms with E-state index >= 15 is 0 Å². The molecule has 0 aliphatic carbocycles. The third kappa shape index (κ3) is 5.88. The number of fused-ring (bicyclic) bond motifs is 7. The quantitative estimate of drug-likeness (QED) is 0.147. The van der Waals surface area contributed by atoms with E-state index in [0.29, 0.717) is 17.5 Å². The summed E-state index contributed by atoms with van der Waals surface area (Å²) < 4.78 is 12.8. The molecule has 0 radical (unpaired) electrons. The normalized spacial score (nSPS) is 12.0. The minimum atomic E-state index is 0.561. The molecule has 5 nitrogen and oxygen atoms in total. The molecule has 0 saturated heterocycles. The van der Waals surface area contributed by atoms with E-state index in [1.165, 1.54) is 5.56 Å². The molecule has 0 bridgehead atoms. The van der Waals surface area contributed by atoms with E-state index in [9.17, 15) is 0 Å². The summed E-state index contributed by atoms with van der Waals surface area (Å²) in [5, 5.41) is 6.38. The van der Waals surface area contributed by atoms with Crippen LogP contribution in [0.2, 0.25) is 0 Å². The molecule has 0 fully saturated rings. The van der Waals surface area contributed by atoms with Crippen LogP contribution in [0.15, 0.2) is 191 Å². The van der Waals surface area contributed by atoms with Gasteiger partial charge >= 0.3 is 0 Å². The Labute approximate surface area is 317 Å². The first-order valence-electron chi connectivity index (χ1n) is 18.4. The van der Waals surface area contributed by atoms with Gasteiger partial charge in [0.2, 0.25) is 0 Å². The average molecular weight is 708 g/mol. The standard InChI is InChI=1S/C50H33N3O2/c1-2-3-4-5-6-13-32-20-22-34(23-21-32)48-51-49(37-25-24-33-14-7-8-15-35(33)30-37)53-50(52-48)47-38(28-29-44-46(47)41-17-10-12-19-43(41)54-44)36-26-27-40-39-16-9-11-18-42(39)55-45(40)31-36/h2-12,14-31H,1,13H2/b4-3-,6-5-. The van der Waals surface area contributed by atoms with Crippen molar-refractivity contribution in [1.29, 1.82) is 0 Å². The second-order valence-corrected chi connectivity index (χ2v) is 13.6. The first-order valence-corrected chi connectivity index (χ1v) is 18.4. The molecule has 0 unspecified atom stereocenters. The minimum Gasteiger partial charge on any atom is -0.456 e. The zero-order valence-corrected chi connectivity index (χ0v) is 29.8. The zero-order chi connectivity index (χ0) is 36.7. The van der Waals surface area contributed by atoms with Gasteiger partial charge in [-0.05, 0) is 76.3 Å². The molecule has 10 rings (SSSR count). The topological polar surface area (TPSA) is 65.0 Å². The number of allylic oxidation sites excluding steroid dienone is 5. The Balaban J connectivity index is 1.20. The van der Waals surface area contributed by atoms with Crippen molar-refractivity contribution < 1.29 is 8.83 Å². The van der Waals surface area contributed by atoms with Crippen molar-refractivity contribution >= 4 is 54.6 Å². The summed E-state index contributed by atoms with van der Waals surface area (Å²) in [7, 11) is 0. The van der Waals surface area contributed by atoms with Gasteiger partial charge in [-0.15, -0.1) is 0 Å². The molecule has 7 aromatic carbocycles. The van der Waals surface area contributed by atoms with Crippen molar-refractivity contribution in [2.24, 2.45) is 0 Å². The number of nitrogens with zero attached hydrogens (tertiary/aromatic N) is 3. The zero-order valence-electron chi connectivity index (χ0n) is 29.8. The summed E-state index contributed by atoms with van der Waals surface area (Å²) in [6.45, 7) is 3.74. The van der Waals surface area contributed by atoms with Crippen LogP contribution in [-0.2, 0) is 6.42 Å². The Morgan fingerprint density at radius 3 is 1.96 bits per heavy atom. The van der Waals surface area contributed by atoms with Crippen LogP contribution in [0.25, 0.3) is 99.9 Å². The van der Waals surface area contributed by atoms with Gasteiger partial charge in [0, 0.05) is 38.2 Å². The Morgan fingerprint density at radius 2 is 1.13 bits per heavy atom. The number of aromatic nitrogens is 3. The van der Waals surface area contributed by atoms with Gasteiger partial charge in [-0.1, -0.05) is 140 Å². The highest BCUT2D eigenvalue weighted by molar-refractivity contribution is 6.16. The Morgan fingerprint density at radius 1 is 0.473 bits per heavy atom. The predicted molar refractivity (Wildman–Crippen MR) is 226 cm³/mol. The number of hydrogen-bond acceptors (Lipinski definition) is 5. The summed E-state index contributed by atoms with van der Waals surface area (Å²) in [5.74, 6) is 1.74. The van der Waals surface area contributed by atoms with E-state index in [-0.39, 0.29) is 0 Å². The van der Waals surface area contributed by atoms with Crippen molar-refractivity contribution in [3.63, 3.8) is 0 Å². The molecular weight excluding hydrogens is 675 g/mol. The maximum absolute atomic E-state index is 6.46. The second-order valence-electron chi connectivity index (χ2n) is 13.6. The number of hydrogen-bond donors (Lipinski definition) is 0. The molecule has 0 N–H and O–H groups in total. The minimum absolute atomic E-state index is 0.561. The highest BCUT2D eigenvalue weighted by Gasteiger charge is 2.23. The molecular formula is C50H33N3O2. The van der Waals surface area contributed by atoms with Gasteiger partial charge in [0.25, 0.3) is 0 Å². The predicted octanol–water partition coefficient (Wildman–Crippen LogP) is 13.3. The first kappa shape index (κ1) is 32.3. The summed E-state index contributed by atoms with van der Waals surface area (Å²) in [6.07, 6.45) is 10.6. The van der Waals surface area contributed by atoms with E-state index in [4.69, 9.17) is 23.8 Å². The largest absolute Gasteiger partial charge is 0.456 e. The SMILES string of the molecule is C=C/C=C\C=C/Cc1ccc(-c2nc(-c3ccc4ccccc4c3)nc(-c3c(-c4ccc5c(c4)oc4ccccc45)ccc4oc5ccccc5c34)n2)cc1. The fraction of sp³-hybridized carbons (Fsp3) is 0.0200. The van der Waals surface area contributed by atoms with E-state index in [1.54, 1.807) is 6.08 Å². The lowest BCUT2D eigenvalue weighted by molar-refractivity contribution is 0.669. The van der Waals surface area contributed by atoms with Crippen LogP contribution in [0.1, 0.15) is 5.56 Å². The third-order valence-corrected chi connectivity index (χ3v) is 10.2. The highest BCUT2D eigenvalue weighted by Crippen LogP contribution is 2.43. The van der Waals surface area contributed by atoms with Crippen LogP contribution in [0.5, 0.6) is 0 Å². The fourth-order valence-electron chi connectivity index (χ4n) is 7.47. The maximum Gasteiger partial charge on any atom is 0.165 e. The lowest BCUT2D eigenvalue weighted by Crippen LogP contribution is -2.02. The van der Waals surface area contributed by atoms with Crippen LogP contribution in [0.4, 0.5) is 0 Å². The van der Waals surface area contributed by atoms with Crippen molar-refractivity contribution in [2.45, 2.75) is 6.42 Å². The van der Waals surface area contributed by atoms with Crippen molar-refractivity contribution in [3.05, 3.63) is 188 Å². The third-order valence-electron chi connectivity index (χ3n) is 10.2. The number of benzene rings is 7. The van der Waals surface area contributed by atoms with Gasteiger partial charge in [-0.2, -0.15) is 0 Å². The summed E-state index contributed by atoms with van der Waals surface area (Å²) in [4.78, 5) is 15.7. The van der Waals surface area contributed by atoms with Gasteiger partial charge in [0.05, 0.1) is 0 Å². The lowest BCUT2D eigenvalue weighted by atomic mass is 9.94. The van der Waals surface area contributed by atoms with Gasteiger partial charge in [-0.25, -0.2) is 15.0 Å². The Hall–Kier alpha value is -7.37. The van der Waals surface area contributed by atoms with Crippen molar-refractivity contribution in [1.82, 2.24) is 15.0 Å². The average Bonchev–Trinajstić information content (AvgIpc) is 3.81. The van der Waals surface area contributed by atoms with Gasteiger partial charge < -0.3 is 8.83 Å². The van der Waals surface area contributed by atoms with Gasteiger partial charge in [-0.3, -0.25) is 0 Å². The lowest BCUT2D eigenvalue weighted by Gasteiger charge is -2.14. The molecule has 0 aliphatic heterocycles. The molecule has 5 heteroatoms. The van der Waals surface area contributed by atoms with Crippen molar-refractivity contribution in [3.8, 4) is 45.3 Å². The molecule has 0 spiro atoms. The number of furan rings is 2. The molecule has 0 aliphatic rings. The van der Waals surface area contributed by atoms with Crippen LogP contribution in [-0.4, -0.2) is 15.0 Å².